The molecule has 7 nitrogen and oxygen atoms in total. The van der Waals surface area contributed by atoms with E-state index >= 15 is 0 Å². The van der Waals surface area contributed by atoms with Crippen LogP contribution in [0.15, 0.2) is 35.4 Å². The molecule has 0 radical (unpaired) electrons. The van der Waals surface area contributed by atoms with E-state index in [-0.39, 0.29) is 5.78 Å². The Bertz CT molecular complexity index is 1010. The molecule has 0 amide bonds. The summed E-state index contributed by atoms with van der Waals surface area (Å²) in [4.78, 5) is 13.3. The van der Waals surface area contributed by atoms with Crippen molar-refractivity contribution in [1.29, 1.82) is 0 Å². The normalized spacial score (nSPS) is 16.0. The van der Waals surface area contributed by atoms with Gasteiger partial charge in [0.05, 0.1) is 42.7 Å². The smallest absolute Gasteiger partial charge is 0.203 e. The third-order valence-electron chi connectivity index (χ3n) is 5.23. The Kier molecular flexibility index (Phi) is 8.16. The van der Waals surface area contributed by atoms with Gasteiger partial charge in [0, 0.05) is 33.8 Å². The summed E-state index contributed by atoms with van der Waals surface area (Å²) >= 11 is 1.66. The molecule has 0 unspecified atom stereocenters. The van der Waals surface area contributed by atoms with Crippen LogP contribution in [0.25, 0.3) is 12.2 Å². The first-order valence-corrected chi connectivity index (χ1v) is 11.3. The highest BCUT2D eigenvalue weighted by Gasteiger charge is 2.24. The van der Waals surface area contributed by atoms with Gasteiger partial charge in [-0.05, 0) is 36.4 Å². The zero-order valence-electron chi connectivity index (χ0n) is 19.6. The van der Waals surface area contributed by atoms with Gasteiger partial charge in [-0.3, -0.25) is 4.79 Å². The molecule has 8 heteroatoms. The Labute approximate surface area is 198 Å². The Hall–Kier alpha value is -3.26. The molecule has 3 rings (SSSR count). The SMILES string of the molecule is COc1ccc(/C=C2\CSC/C(=C\c3ccc(OC)c(OC)c3OC)C2=O)c(OC)c1OC. The van der Waals surface area contributed by atoms with Crippen molar-refractivity contribution in [3.8, 4) is 34.5 Å². The van der Waals surface area contributed by atoms with Crippen molar-refractivity contribution in [2.45, 2.75) is 0 Å². The maximum atomic E-state index is 13.3. The standard InChI is InChI=1S/C25H28O7S/c1-27-19-9-7-15(22(29-3)24(19)31-5)11-17-13-33-14-18(21(17)26)12-16-8-10-20(28-2)25(32-6)23(16)30-4/h7-12H,13-14H2,1-6H3/b17-11+,18-12+. The molecule has 2 aromatic carbocycles. The van der Waals surface area contributed by atoms with Crippen LogP contribution < -0.4 is 28.4 Å². The number of benzene rings is 2. The highest BCUT2D eigenvalue weighted by molar-refractivity contribution is 7.99. The minimum Gasteiger partial charge on any atom is -0.493 e. The van der Waals surface area contributed by atoms with Crippen LogP contribution in [0.3, 0.4) is 0 Å². The fraction of sp³-hybridized carbons (Fsp3) is 0.320. The van der Waals surface area contributed by atoms with E-state index in [1.54, 1.807) is 66.6 Å². The quantitative estimate of drug-likeness (QED) is 0.520. The Balaban J connectivity index is 2.02. The monoisotopic (exact) mass is 472 g/mol. The maximum Gasteiger partial charge on any atom is 0.203 e. The Morgan fingerprint density at radius 2 is 1.00 bits per heavy atom. The maximum absolute atomic E-state index is 13.3. The second-order valence-corrected chi connectivity index (χ2v) is 7.99. The average Bonchev–Trinajstić information content (AvgIpc) is 2.85. The van der Waals surface area contributed by atoms with Crippen LogP contribution >= 0.6 is 11.8 Å². The molecule has 0 bridgehead atoms. The minimum atomic E-state index is -0.0255. The van der Waals surface area contributed by atoms with Gasteiger partial charge in [-0.25, -0.2) is 0 Å². The molecule has 1 heterocycles. The van der Waals surface area contributed by atoms with Crippen molar-refractivity contribution in [3.05, 3.63) is 46.5 Å². The van der Waals surface area contributed by atoms with E-state index in [2.05, 4.69) is 0 Å². The van der Waals surface area contributed by atoms with Crippen molar-refractivity contribution < 1.29 is 33.2 Å². The summed E-state index contributed by atoms with van der Waals surface area (Å²) in [5.41, 5.74) is 2.82. The largest absolute Gasteiger partial charge is 0.493 e. The molecule has 0 N–H and O–H groups in total. The number of carbonyl (C=O) groups excluding carboxylic acids is 1. The van der Waals surface area contributed by atoms with Crippen LogP contribution in [0.1, 0.15) is 11.1 Å². The lowest BCUT2D eigenvalue weighted by Gasteiger charge is -2.19. The second kappa shape index (κ2) is 11.0. The van der Waals surface area contributed by atoms with Crippen molar-refractivity contribution in [3.63, 3.8) is 0 Å². The molecule has 1 fully saturated rings. The number of ketones is 1. The fourth-order valence-electron chi connectivity index (χ4n) is 3.67. The van der Waals surface area contributed by atoms with Crippen LogP contribution in [-0.2, 0) is 4.79 Å². The van der Waals surface area contributed by atoms with Crippen LogP contribution in [0, 0.1) is 0 Å². The first-order chi connectivity index (χ1) is 16.0. The highest BCUT2D eigenvalue weighted by Crippen LogP contribution is 2.43. The topological polar surface area (TPSA) is 72.5 Å². The number of hydrogen-bond donors (Lipinski definition) is 0. The van der Waals surface area contributed by atoms with E-state index in [1.165, 1.54) is 0 Å². The molecule has 0 aliphatic carbocycles. The van der Waals surface area contributed by atoms with Crippen LogP contribution in [0.4, 0.5) is 0 Å². The van der Waals surface area contributed by atoms with Gasteiger partial charge < -0.3 is 28.4 Å². The van der Waals surface area contributed by atoms with E-state index in [0.717, 1.165) is 11.1 Å². The Morgan fingerprint density at radius 3 is 1.33 bits per heavy atom. The van der Waals surface area contributed by atoms with Gasteiger partial charge in [0.1, 0.15) is 0 Å². The molecule has 0 atom stereocenters. The first kappa shape index (κ1) is 24.4. The van der Waals surface area contributed by atoms with E-state index in [1.807, 2.05) is 24.3 Å². The predicted molar refractivity (Wildman–Crippen MR) is 130 cm³/mol. The van der Waals surface area contributed by atoms with Crippen LogP contribution in [0.5, 0.6) is 34.5 Å². The molecular formula is C25H28O7S. The second-order valence-electron chi connectivity index (χ2n) is 7.01. The lowest BCUT2D eigenvalue weighted by Crippen LogP contribution is -2.16. The highest BCUT2D eigenvalue weighted by atomic mass is 32.2. The summed E-state index contributed by atoms with van der Waals surface area (Å²) < 4.78 is 32.8. The van der Waals surface area contributed by atoms with E-state index in [4.69, 9.17) is 28.4 Å². The van der Waals surface area contributed by atoms with Gasteiger partial charge in [-0.1, -0.05) is 0 Å². The number of hydrogen-bond acceptors (Lipinski definition) is 8. The zero-order valence-corrected chi connectivity index (χ0v) is 20.5. The lowest BCUT2D eigenvalue weighted by molar-refractivity contribution is -0.112. The summed E-state index contributed by atoms with van der Waals surface area (Å²) in [5.74, 6) is 4.27. The minimum absolute atomic E-state index is 0.0255. The van der Waals surface area contributed by atoms with Gasteiger partial charge in [-0.15, -0.1) is 0 Å². The molecule has 176 valence electrons. The predicted octanol–water partition coefficient (Wildman–Crippen LogP) is 4.52. The number of carbonyl (C=O) groups is 1. The zero-order chi connectivity index (χ0) is 24.0. The van der Waals surface area contributed by atoms with Crippen molar-refractivity contribution in [2.24, 2.45) is 0 Å². The molecule has 1 saturated heterocycles. The molecule has 0 spiro atoms. The lowest BCUT2D eigenvalue weighted by atomic mass is 9.99. The Morgan fingerprint density at radius 1 is 0.606 bits per heavy atom. The van der Waals surface area contributed by atoms with Crippen LogP contribution in [-0.4, -0.2) is 59.9 Å². The van der Waals surface area contributed by atoms with E-state index < -0.39 is 0 Å². The molecule has 1 aliphatic heterocycles. The number of ether oxygens (including phenoxy) is 6. The van der Waals surface area contributed by atoms with Crippen molar-refractivity contribution in [2.75, 3.05) is 54.2 Å². The third kappa shape index (κ3) is 4.90. The number of thioether (sulfide) groups is 1. The van der Waals surface area contributed by atoms with Gasteiger partial charge >= 0.3 is 0 Å². The summed E-state index contributed by atoms with van der Waals surface area (Å²) in [6.45, 7) is 0. The third-order valence-corrected chi connectivity index (χ3v) is 6.26. The molecule has 2 aromatic rings. The van der Waals surface area contributed by atoms with E-state index in [0.29, 0.717) is 57.1 Å². The number of methoxy groups -OCH3 is 6. The molecule has 0 aromatic heterocycles. The summed E-state index contributed by atoms with van der Waals surface area (Å²) in [6.07, 6.45) is 3.68. The summed E-state index contributed by atoms with van der Waals surface area (Å²) in [6, 6.07) is 7.28. The van der Waals surface area contributed by atoms with Gasteiger partial charge in [0.15, 0.2) is 28.8 Å². The molecular weight excluding hydrogens is 444 g/mol. The molecule has 0 saturated carbocycles. The van der Waals surface area contributed by atoms with Crippen molar-refractivity contribution in [1.82, 2.24) is 0 Å². The van der Waals surface area contributed by atoms with Crippen LogP contribution in [0.2, 0.25) is 0 Å². The average molecular weight is 473 g/mol. The molecule has 33 heavy (non-hydrogen) atoms. The number of rotatable bonds is 8. The number of Topliss-reactive ketones (excluding diaryl/α,β-unsaturated/α-hetero) is 1. The van der Waals surface area contributed by atoms with Gasteiger partial charge in [-0.2, -0.15) is 11.8 Å². The van der Waals surface area contributed by atoms with Gasteiger partial charge in [0.25, 0.3) is 0 Å². The first-order valence-electron chi connectivity index (χ1n) is 10.1. The van der Waals surface area contributed by atoms with E-state index in [9.17, 15) is 4.79 Å². The summed E-state index contributed by atoms with van der Waals surface area (Å²) in [5, 5.41) is 0. The van der Waals surface area contributed by atoms with Crippen molar-refractivity contribution >= 4 is 29.7 Å². The van der Waals surface area contributed by atoms with Gasteiger partial charge in [0.2, 0.25) is 11.5 Å². The fourth-order valence-corrected chi connectivity index (χ4v) is 4.64. The molecule has 1 aliphatic rings. The summed E-state index contributed by atoms with van der Waals surface area (Å²) in [7, 11) is 9.36.